The van der Waals surface area contributed by atoms with E-state index in [1.807, 2.05) is 27.9 Å². The fourth-order valence-corrected chi connectivity index (χ4v) is 1.76. The van der Waals surface area contributed by atoms with Gasteiger partial charge in [0.15, 0.2) is 0 Å². The molecule has 1 rings (SSSR count). The number of likely N-dealkylation sites (N-methyl/N-ethyl adjacent to an activating group) is 1. The fourth-order valence-electron chi connectivity index (χ4n) is 1.76. The van der Waals surface area contributed by atoms with E-state index in [2.05, 4.69) is 10.6 Å². The molecule has 0 aromatic heterocycles. The molecule has 128 valence electrons. The van der Waals surface area contributed by atoms with Crippen LogP contribution >= 0.6 is 0 Å². The van der Waals surface area contributed by atoms with Crippen LogP contribution < -0.4 is 15.4 Å². The molecule has 7 nitrogen and oxygen atoms in total. The van der Waals surface area contributed by atoms with Gasteiger partial charge in [-0.2, -0.15) is 0 Å². The standard InChI is InChI=1S/C16H25N3O4/c1-11(2)10-23-16(21)18-13-8-12(6-7-14(13)22-5)17-15(20)9-19(3)4/h6-8,11H,9-10H2,1-5H3,(H,17,20)(H,18,21). The minimum Gasteiger partial charge on any atom is -0.495 e. The number of carbonyl (C=O) groups excluding carboxylic acids is 2. The van der Waals surface area contributed by atoms with Crippen LogP contribution in [0.2, 0.25) is 0 Å². The van der Waals surface area contributed by atoms with Gasteiger partial charge >= 0.3 is 6.09 Å². The molecule has 0 spiro atoms. The predicted molar refractivity (Wildman–Crippen MR) is 90.0 cm³/mol. The molecule has 0 fully saturated rings. The van der Waals surface area contributed by atoms with Crippen molar-refractivity contribution in [2.45, 2.75) is 13.8 Å². The Balaban J connectivity index is 2.78. The quantitative estimate of drug-likeness (QED) is 0.805. The minimum absolute atomic E-state index is 0.145. The van der Waals surface area contributed by atoms with Crippen molar-refractivity contribution < 1.29 is 19.1 Å². The van der Waals surface area contributed by atoms with E-state index < -0.39 is 6.09 Å². The van der Waals surface area contributed by atoms with Crippen LogP contribution in [0, 0.1) is 5.92 Å². The molecule has 0 aliphatic rings. The van der Waals surface area contributed by atoms with Crippen LogP contribution in [0.3, 0.4) is 0 Å². The number of hydrogen-bond acceptors (Lipinski definition) is 5. The lowest BCUT2D eigenvalue weighted by atomic mass is 10.2. The molecule has 2 amide bonds. The molecule has 2 N–H and O–H groups in total. The summed E-state index contributed by atoms with van der Waals surface area (Å²) in [7, 11) is 5.13. The molecule has 7 heteroatoms. The van der Waals surface area contributed by atoms with E-state index in [0.29, 0.717) is 23.7 Å². The number of nitrogens with one attached hydrogen (secondary N) is 2. The number of hydrogen-bond donors (Lipinski definition) is 2. The molecule has 0 saturated heterocycles. The van der Waals surface area contributed by atoms with Crippen molar-refractivity contribution in [1.29, 1.82) is 0 Å². The van der Waals surface area contributed by atoms with Crippen LogP contribution in [0.5, 0.6) is 5.75 Å². The third kappa shape index (κ3) is 7.01. The number of nitrogens with zero attached hydrogens (tertiary/aromatic N) is 1. The second-order valence-electron chi connectivity index (χ2n) is 5.82. The van der Waals surface area contributed by atoms with E-state index in [1.54, 1.807) is 23.1 Å². The summed E-state index contributed by atoms with van der Waals surface area (Å²) in [5, 5.41) is 5.38. The van der Waals surface area contributed by atoms with E-state index >= 15 is 0 Å². The number of amides is 2. The fraction of sp³-hybridized carbons (Fsp3) is 0.500. The van der Waals surface area contributed by atoms with Crippen LogP contribution in [0.4, 0.5) is 16.2 Å². The highest BCUT2D eigenvalue weighted by Gasteiger charge is 2.11. The van der Waals surface area contributed by atoms with Crippen molar-refractivity contribution in [3.8, 4) is 5.75 Å². The van der Waals surface area contributed by atoms with Crippen molar-refractivity contribution >= 4 is 23.4 Å². The van der Waals surface area contributed by atoms with E-state index in [9.17, 15) is 9.59 Å². The summed E-state index contributed by atoms with van der Waals surface area (Å²) in [5.74, 6) is 0.588. The van der Waals surface area contributed by atoms with Gasteiger partial charge in [-0.3, -0.25) is 10.1 Å². The maximum atomic E-state index is 11.8. The molecule has 1 aromatic rings. The molecular weight excluding hydrogens is 298 g/mol. The van der Waals surface area contributed by atoms with Gasteiger partial charge in [-0.25, -0.2) is 4.79 Å². The number of anilines is 2. The number of benzene rings is 1. The van der Waals surface area contributed by atoms with Gasteiger partial charge in [-0.1, -0.05) is 13.8 Å². The number of ether oxygens (including phenoxy) is 2. The maximum absolute atomic E-state index is 11.8. The summed E-state index contributed by atoms with van der Waals surface area (Å²) >= 11 is 0. The first kappa shape index (κ1) is 18.8. The van der Waals surface area contributed by atoms with Gasteiger partial charge in [0.1, 0.15) is 5.75 Å². The second kappa shape index (κ2) is 8.99. The van der Waals surface area contributed by atoms with Crippen LogP contribution in [0.1, 0.15) is 13.8 Å². The van der Waals surface area contributed by atoms with Crippen LogP contribution in [0.15, 0.2) is 18.2 Å². The molecule has 0 saturated carbocycles. The molecule has 0 bridgehead atoms. The Morgan fingerprint density at radius 3 is 2.48 bits per heavy atom. The summed E-state index contributed by atoms with van der Waals surface area (Å²) < 4.78 is 10.3. The molecule has 0 radical (unpaired) electrons. The summed E-state index contributed by atoms with van der Waals surface area (Å²) in [5.41, 5.74) is 1.00. The Hall–Kier alpha value is -2.28. The van der Waals surface area contributed by atoms with Gasteiger partial charge in [0, 0.05) is 5.69 Å². The van der Waals surface area contributed by atoms with Crippen LogP contribution in [0.25, 0.3) is 0 Å². The highest BCUT2D eigenvalue weighted by atomic mass is 16.5. The number of methoxy groups -OCH3 is 1. The van der Waals surface area contributed by atoms with Gasteiger partial charge < -0.3 is 19.7 Å². The van der Waals surface area contributed by atoms with Crippen molar-refractivity contribution in [3.63, 3.8) is 0 Å². The van der Waals surface area contributed by atoms with Gasteiger partial charge in [0.05, 0.1) is 25.9 Å². The van der Waals surface area contributed by atoms with Crippen molar-refractivity contribution in [3.05, 3.63) is 18.2 Å². The summed E-state index contributed by atoms with van der Waals surface area (Å²) in [4.78, 5) is 25.3. The molecule has 0 heterocycles. The Labute approximate surface area is 136 Å². The Kier molecular flexibility index (Phi) is 7.34. The van der Waals surface area contributed by atoms with Gasteiger partial charge in [-0.15, -0.1) is 0 Å². The Bertz CT molecular complexity index is 544. The SMILES string of the molecule is COc1ccc(NC(=O)CN(C)C)cc1NC(=O)OCC(C)C. The molecular formula is C16H25N3O4. The highest BCUT2D eigenvalue weighted by Crippen LogP contribution is 2.28. The normalized spacial score (nSPS) is 10.6. The van der Waals surface area contributed by atoms with Crippen LogP contribution in [-0.2, 0) is 9.53 Å². The lowest BCUT2D eigenvalue weighted by Gasteiger charge is -2.14. The zero-order chi connectivity index (χ0) is 17.4. The average Bonchev–Trinajstić information content (AvgIpc) is 2.44. The lowest BCUT2D eigenvalue weighted by Crippen LogP contribution is -2.27. The minimum atomic E-state index is -0.561. The van der Waals surface area contributed by atoms with Gasteiger partial charge in [0.2, 0.25) is 5.91 Å². The van der Waals surface area contributed by atoms with Crippen molar-refractivity contribution in [1.82, 2.24) is 4.90 Å². The van der Waals surface area contributed by atoms with Crippen molar-refractivity contribution in [2.75, 3.05) is 45.0 Å². The topological polar surface area (TPSA) is 79.9 Å². The zero-order valence-electron chi connectivity index (χ0n) is 14.3. The second-order valence-corrected chi connectivity index (χ2v) is 5.82. The molecule has 1 aromatic carbocycles. The Morgan fingerprint density at radius 2 is 1.91 bits per heavy atom. The largest absolute Gasteiger partial charge is 0.495 e. The molecule has 0 unspecified atom stereocenters. The molecule has 0 aliphatic carbocycles. The maximum Gasteiger partial charge on any atom is 0.411 e. The van der Waals surface area contributed by atoms with Crippen molar-refractivity contribution in [2.24, 2.45) is 5.92 Å². The highest BCUT2D eigenvalue weighted by molar-refractivity contribution is 5.94. The average molecular weight is 323 g/mol. The predicted octanol–water partition coefficient (Wildman–Crippen LogP) is 2.40. The van der Waals surface area contributed by atoms with Crippen LogP contribution in [-0.4, -0.2) is 51.3 Å². The zero-order valence-corrected chi connectivity index (χ0v) is 14.3. The monoisotopic (exact) mass is 323 g/mol. The van der Waals surface area contributed by atoms with E-state index in [1.165, 1.54) is 7.11 Å². The summed E-state index contributed by atoms with van der Waals surface area (Å²) in [6, 6.07) is 5.00. The third-order valence-corrected chi connectivity index (χ3v) is 2.73. The number of rotatable bonds is 7. The number of carbonyl (C=O) groups is 2. The Morgan fingerprint density at radius 1 is 1.22 bits per heavy atom. The first-order valence-corrected chi connectivity index (χ1v) is 7.38. The smallest absolute Gasteiger partial charge is 0.411 e. The lowest BCUT2D eigenvalue weighted by molar-refractivity contribution is -0.116. The summed E-state index contributed by atoms with van der Waals surface area (Å²) in [6.45, 7) is 4.50. The first-order valence-electron chi connectivity index (χ1n) is 7.38. The molecule has 23 heavy (non-hydrogen) atoms. The van der Waals surface area contributed by atoms with E-state index in [-0.39, 0.29) is 18.4 Å². The van der Waals surface area contributed by atoms with E-state index in [0.717, 1.165) is 0 Å². The van der Waals surface area contributed by atoms with Gasteiger partial charge in [-0.05, 0) is 38.2 Å². The van der Waals surface area contributed by atoms with E-state index in [4.69, 9.17) is 9.47 Å². The van der Waals surface area contributed by atoms with Gasteiger partial charge in [0.25, 0.3) is 0 Å². The molecule has 0 aliphatic heterocycles. The third-order valence-electron chi connectivity index (χ3n) is 2.73. The first-order chi connectivity index (χ1) is 10.8. The molecule has 0 atom stereocenters. The summed E-state index contributed by atoms with van der Waals surface area (Å²) in [6.07, 6.45) is -0.561.